The number of fused-ring (bicyclic) bond motifs is 1. The summed E-state index contributed by atoms with van der Waals surface area (Å²) in [5, 5.41) is 16.8. The van der Waals surface area contributed by atoms with Crippen LogP contribution < -0.4 is 10.6 Å². The van der Waals surface area contributed by atoms with E-state index in [0.29, 0.717) is 13.1 Å². The van der Waals surface area contributed by atoms with Gasteiger partial charge in [-0.2, -0.15) is 0 Å². The number of anilines is 1. The van der Waals surface area contributed by atoms with Crippen molar-refractivity contribution in [3.63, 3.8) is 0 Å². The summed E-state index contributed by atoms with van der Waals surface area (Å²) in [6, 6.07) is 21.2. The zero-order chi connectivity index (χ0) is 27.9. The summed E-state index contributed by atoms with van der Waals surface area (Å²) in [6.45, 7) is 5.60. The molecule has 2 saturated heterocycles. The summed E-state index contributed by atoms with van der Waals surface area (Å²) in [7, 11) is 0. The van der Waals surface area contributed by atoms with Crippen molar-refractivity contribution < 1.29 is 9.84 Å². The third-order valence-corrected chi connectivity index (χ3v) is 8.28. The molecule has 216 valence electrons. The Morgan fingerprint density at radius 2 is 1.66 bits per heavy atom. The third kappa shape index (κ3) is 6.76. The monoisotopic (exact) mass is 555 g/mol. The van der Waals surface area contributed by atoms with Gasteiger partial charge in [-0.3, -0.25) is 4.57 Å². The van der Waals surface area contributed by atoms with Gasteiger partial charge in [-0.1, -0.05) is 67.1 Å². The Morgan fingerprint density at radius 1 is 0.927 bits per heavy atom. The molecular formula is C32H41N7O2. The first-order valence-electron chi connectivity index (χ1n) is 15.0. The van der Waals surface area contributed by atoms with Gasteiger partial charge in [0.15, 0.2) is 17.0 Å². The quantitative estimate of drug-likeness (QED) is 0.222. The minimum atomic E-state index is -0.193. The average Bonchev–Trinajstić information content (AvgIpc) is 3.68. The molecule has 2 aliphatic rings. The average molecular weight is 556 g/mol. The molecule has 2 aromatic carbocycles. The minimum absolute atomic E-state index is 0.0253. The summed E-state index contributed by atoms with van der Waals surface area (Å²) in [5.74, 6) is 1.61. The molecule has 6 rings (SSSR count). The Bertz CT molecular complexity index is 1340. The van der Waals surface area contributed by atoms with Gasteiger partial charge in [0.25, 0.3) is 0 Å². The van der Waals surface area contributed by atoms with Gasteiger partial charge in [0.1, 0.15) is 12.1 Å². The molecule has 0 aliphatic carbocycles. The second-order valence-electron chi connectivity index (χ2n) is 11.1. The first-order chi connectivity index (χ1) is 20.3. The van der Waals surface area contributed by atoms with Crippen LogP contribution in [0.3, 0.4) is 0 Å². The van der Waals surface area contributed by atoms with Crippen LogP contribution in [0.1, 0.15) is 61.2 Å². The molecule has 0 spiro atoms. The van der Waals surface area contributed by atoms with E-state index in [2.05, 4.69) is 76.2 Å². The van der Waals surface area contributed by atoms with Crippen LogP contribution in [-0.2, 0) is 11.3 Å². The number of aliphatic hydroxyl groups is 1. The number of hydrogen-bond acceptors (Lipinski definition) is 8. The lowest BCUT2D eigenvalue weighted by atomic mass is 9.91. The number of benzene rings is 2. The van der Waals surface area contributed by atoms with Crippen molar-refractivity contribution in [2.75, 3.05) is 44.6 Å². The van der Waals surface area contributed by atoms with Crippen LogP contribution >= 0.6 is 0 Å². The largest absolute Gasteiger partial charge is 0.394 e. The summed E-state index contributed by atoms with van der Waals surface area (Å²) in [4.78, 5) is 17.2. The minimum Gasteiger partial charge on any atom is -0.394 e. The van der Waals surface area contributed by atoms with Gasteiger partial charge in [0.2, 0.25) is 0 Å². The number of nitrogens with one attached hydrogen (secondary N) is 2. The highest BCUT2D eigenvalue weighted by Crippen LogP contribution is 2.32. The van der Waals surface area contributed by atoms with Crippen LogP contribution in [0.2, 0.25) is 0 Å². The second kappa shape index (κ2) is 13.5. The van der Waals surface area contributed by atoms with E-state index in [-0.39, 0.29) is 24.9 Å². The summed E-state index contributed by atoms with van der Waals surface area (Å²) in [5.41, 5.74) is 3.99. The van der Waals surface area contributed by atoms with E-state index in [1.165, 1.54) is 43.5 Å². The molecule has 0 amide bonds. The lowest BCUT2D eigenvalue weighted by Crippen LogP contribution is -2.35. The maximum Gasteiger partial charge on any atom is 0.167 e. The van der Waals surface area contributed by atoms with Crippen molar-refractivity contribution in [3.8, 4) is 0 Å². The molecule has 3 N–H and O–H groups in total. The van der Waals surface area contributed by atoms with E-state index in [0.717, 1.165) is 48.7 Å². The topological polar surface area (TPSA) is 100 Å². The Kier molecular flexibility index (Phi) is 9.17. The number of aliphatic hydroxyl groups excluding tert-OH is 1. The highest BCUT2D eigenvalue weighted by atomic mass is 16.5. The van der Waals surface area contributed by atoms with E-state index in [1.54, 1.807) is 6.33 Å². The van der Waals surface area contributed by atoms with Crippen molar-refractivity contribution in [2.24, 2.45) is 0 Å². The van der Waals surface area contributed by atoms with Crippen molar-refractivity contribution >= 4 is 17.0 Å². The molecule has 9 nitrogen and oxygen atoms in total. The van der Waals surface area contributed by atoms with Crippen LogP contribution in [0, 0.1) is 0 Å². The number of hydrogen-bond donors (Lipinski definition) is 3. The molecule has 0 saturated carbocycles. The standard InChI is InChI=1S/C32H41N7O2/c40-22-26-14-15-29(41-26)39-23-35-30-31(34-20-27(24-10-4-1-5-11-24)25-12-6-2-7-13-25)36-28(37-32(30)39)21-33-16-19-38-17-8-3-9-18-38/h1-2,4-7,10-13,23,26-27,29,33,40H,3,8-9,14-22H2,(H,34,36,37). The highest BCUT2D eigenvalue weighted by molar-refractivity contribution is 5.83. The van der Waals surface area contributed by atoms with Crippen molar-refractivity contribution in [3.05, 3.63) is 83.9 Å². The molecule has 4 aromatic rings. The molecule has 2 aromatic heterocycles. The fraction of sp³-hybridized carbons (Fsp3) is 0.469. The number of nitrogens with zero attached hydrogens (tertiary/aromatic N) is 5. The molecule has 2 atom stereocenters. The zero-order valence-corrected chi connectivity index (χ0v) is 23.7. The number of ether oxygens (including phenoxy) is 1. The van der Waals surface area contributed by atoms with E-state index in [1.807, 2.05) is 4.57 Å². The molecular weight excluding hydrogens is 514 g/mol. The van der Waals surface area contributed by atoms with Gasteiger partial charge in [0, 0.05) is 25.6 Å². The Balaban J connectivity index is 1.24. The summed E-state index contributed by atoms with van der Waals surface area (Å²) < 4.78 is 8.09. The van der Waals surface area contributed by atoms with E-state index < -0.39 is 0 Å². The number of piperidine rings is 1. The maximum absolute atomic E-state index is 9.61. The zero-order valence-electron chi connectivity index (χ0n) is 23.7. The fourth-order valence-corrected chi connectivity index (χ4v) is 6.02. The summed E-state index contributed by atoms with van der Waals surface area (Å²) in [6.07, 6.45) is 7.04. The smallest absolute Gasteiger partial charge is 0.167 e. The van der Waals surface area contributed by atoms with Crippen LogP contribution in [0.5, 0.6) is 0 Å². The Hall–Kier alpha value is -3.37. The molecule has 2 aliphatic heterocycles. The first-order valence-corrected chi connectivity index (χ1v) is 15.0. The molecule has 0 radical (unpaired) electrons. The van der Waals surface area contributed by atoms with Crippen molar-refractivity contribution in [1.82, 2.24) is 29.7 Å². The molecule has 0 bridgehead atoms. The van der Waals surface area contributed by atoms with Crippen LogP contribution in [0.4, 0.5) is 5.82 Å². The van der Waals surface area contributed by atoms with Gasteiger partial charge in [-0.15, -0.1) is 0 Å². The lowest BCUT2D eigenvalue weighted by Gasteiger charge is -2.26. The second-order valence-corrected chi connectivity index (χ2v) is 11.1. The fourth-order valence-electron chi connectivity index (χ4n) is 6.02. The highest BCUT2D eigenvalue weighted by Gasteiger charge is 2.28. The van der Waals surface area contributed by atoms with E-state index in [4.69, 9.17) is 19.7 Å². The van der Waals surface area contributed by atoms with Gasteiger partial charge in [-0.25, -0.2) is 15.0 Å². The van der Waals surface area contributed by atoms with E-state index in [9.17, 15) is 5.11 Å². The first kappa shape index (κ1) is 27.8. The molecule has 9 heteroatoms. The third-order valence-electron chi connectivity index (χ3n) is 8.28. The number of rotatable bonds is 12. The van der Waals surface area contributed by atoms with Gasteiger partial charge >= 0.3 is 0 Å². The number of aromatic nitrogens is 4. The predicted molar refractivity (Wildman–Crippen MR) is 161 cm³/mol. The molecule has 2 fully saturated rings. The Morgan fingerprint density at radius 3 is 2.34 bits per heavy atom. The SMILES string of the molecule is OCC1CCC(n2cnc3c(NCC(c4ccccc4)c4ccccc4)nc(CNCCN4CCCCC4)nc32)O1. The summed E-state index contributed by atoms with van der Waals surface area (Å²) >= 11 is 0. The van der Waals surface area contributed by atoms with Gasteiger partial charge in [-0.05, 0) is 49.9 Å². The molecule has 41 heavy (non-hydrogen) atoms. The molecule has 4 heterocycles. The van der Waals surface area contributed by atoms with Crippen molar-refractivity contribution in [2.45, 2.75) is 56.9 Å². The predicted octanol–water partition coefficient (Wildman–Crippen LogP) is 4.32. The normalized spacial score (nSPS) is 19.8. The van der Waals surface area contributed by atoms with Crippen LogP contribution in [0.15, 0.2) is 67.0 Å². The lowest BCUT2D eigenvalue weighted by molar-refractivity contribution is -0.0207. The van der Waals surface area contributed by atoms with E-state index >= 15 is 0 Å². The van der Waals surface area contributed by atoms with Crippen LogP contribution in [-0.4, -0.2) is 75.0 Å². The van der Waals surface area contributed by atoms with Gasteiger partial charge in [0.05, 0.1) is 25.6 Å². The Labute approximate surface area is 242 Å². The number of imidazole rings is 1. The molecule has 2 unspecified atom stereocenters. The number of likely N-dealkylation sites (tertiary alicyclic amines) is 1. The van der Waals surface area contributed by atoms with Crippen molar-refractivity contribution in [1.29, 1.82) is 0 Å². The van der Waals surface area contributed by atoms with Crippen LogP contribution in [0.25, 0.3) is 11.2 Å². The van der Waals surface area contributed by atoms with Gasteiger partial charge < -0.3 is 25.4 Å². The maximum atomic E-state index is 9.61.